The van der Waals surface area contributed by atoms with Crippen LogP contribution in [-0.4, -0.2) is 47.7 Å². The van der Waals surface area contributed by atoms with Crippen LogP contribution in [0.4, 0.5) is 5.95 Å². The molecule has 1 aromatic heterocycles. The standard InChI is InChI=1S/C11H16BrN3O2/c1-2-17-10-3-4-13-11(14-10)15-5-6-16-8-9(15)7-12/h3-4,9H,2,5-8H2,1H3. The van der Waals surface area contributed by atoms with Crippen molar-refractivity contribution in [2.75, 3.05) is 36.6 Å². The predicted octanol–water partition coefficient (Wildman–Crippen LogP) is 1.48. The number of rotatable bonds is 4. The summed E-state index contributed by atoms with van der Waals surface area (Å²) in [5.41, 5.74) is 0. The minimum absolute atomic E-state index is 0.278. The summed E-state index contributed by atoms with van der Waals surface area (Å²) < 4.78 is 10.8. The highest BCUT2D eigenvalue weighted by Crippen LogP contribution is 2.18. The summed E-state index contributed by atoms with van der Waals surface area (Å²) in [6.07, 6.45) is 1.73. The SMILES string of the molecule is CCOc1ccnc(N2CCOCC2CBr)n1. The van der Waals surface area contributed by atoms with Crippen LogP contribution in [0.5, 0.6) is 5.88 Å². The zero-order valence-electron chi connectivity index (χ0n) is 9.80. The van der Waals surface area contributed by atoms with Gasteiger partial charge in [0.05, 0.1) is 25.9 Å². The zero-order chi connectivity index (χ0) is 12.1. The summed E-state index contributed by atoms with van der Waals surface area (Å²) in [7, 11) is 0. The molecule has 1 aromatic rings. The molecule has 1 unspecified atom stereocenters. The summed E-state index contributed by atoms with van der Waals surface area (Å²) >= 11 is 3.49. The average molecular weight is 302 g/mol. The van der Waals surface area contributed by atoms with Crippen LogP contribution in [0.15, 0.2) is 12.3 Å². The Balaban J connectivity index is 2.16. The van der Waals surface area contributed by atoms with Crippen LogP contribution in [0.25, 0.3) is 0 Å². The number of hydrogen-bond acceptors (Lipinski definition) is 5. The van der Waals surface area contributed by atoms with Gasteiger partial charge in [0.2, 0.25) is 11.8 Å². The molecule has 0 spiro atoms. The third-order valence-corrected chi connectivity index (χ3v) is 3.32. The molecule has 0 amide bonds. The Hall–Kier alpha value is -0.880. The quantitative estimate of drug-likeness (QED) is 0.788. The number of halogens is 1. The van der Waals surface area contributed by atoms with Crippen molar-refractivity contribution in [3.63, 3.8) is 0 Å². The van der Waals surface area contributed by atoms with Crippen molar-refractivity contribution in [3.8, 4) is 5.88 Å². The van der Waals surface area contributed by atoms with E-state index in [1.807, 2.05) is 6.92 Å². The van der Waals surface area contributed by atoms with Gasteiger partial charge in [-0.15, -0.1) is 0 Å². The highest BCUT2D eigenvalue weighted by molar-refractivity contribution is 9.09. The molecule has 1 aliphatic rings. The van der Waals surface area contributed by atoms with E-state index in [-0.39, 0.29) is 6.04 Å². The Morgan fingerprint density at radius 2 is 2.53 bits per heavy atom. The topological polar surface area (TPSA) is 47.5 Å². The molecule has 2 rings (SSSR count). The summed E-state index contributed by atoms with van der Waals surface area (Å²) in [6, 6.07) is 2.05. The average Bonchev–Trinajstić information content (AvgIpc) is 2.39. The van der Waals surface area contributed by atoms with E-state index in [1.54, 1.807) is 12.3 Å². The van der Waals surface area contributed by atoms with Crippen LogP contribution in [-0.2, 0) is 4.74 Å². The Bertz CT molecular complexity index is 364. The molecule has 0 aliphatic carbocycles. The van der Waals surface area contributed by atoms with E-state index in [1.165, 1.54) is 0 Å². The molecule has 2 heterocycles. The van der Waals surface area contributed by atoms with E-state index in [0.29, 0.717) is 31.6 Å². The van der Waals surface area contributed by atoms with Crippen molar-refractivity contribution >= 4 is 21.9 Å². The number of hydrogen-bond donors (Lipinski definition) is 0. The molecule has 1 saturated heterocycles. The predicted molar refractivity (Wildman–Crippen MR) is 68.9 cm³/mol. The number of aromatic nitrogens is 2. The van der Waals surface area contributed by atoms with E-state index >= 15 is 0 Å². The molecular weight excluding hydrogens is 286 g/mol. The fourth-order valence-electron chi connectivity index (χ4n) is 1.75. The fourth-order valence-corrected chi connectivity index (χ4v) is 2.28. The Morgan fingerprint density at radius 1 is 1.65 bits per heavy atom. The van der Waals surface area contributed by atoms with Gasteiger partial charge in [0.25, 0.3) is 0 Å². The Labute approximate surface area is 109 Å². The second-order valence-electron chi connectivity index (χ2n) is 3.70. The number of alkyl halides is 1. The first kappa shape index (κ1) is 12.6. The van der Waals surface area contributed by atoms with Crippen LogP contribution in [0.2, 0.25) is 0 Å². The molecule has 1 aliphatic heterocycles. The van der Waals surface area contributed by atoms with E-state index in [2.05, 4.69) is 30.8 Å². The summed E-state index contributed by atoms with van der Waals surface area (Å²) in [6.45, 7) is 4.78. The molecule has 0 aromatic carbocycles. The number of nitrogens with zero attached hydrogens (tertiary/aromatic N) is 3. The van der Waals surface area contributed by atoms with Crippen molar-refractivity contribution in [2.24, 2.45) is 0 Å². The minimum Gasteiger partial charge on any atom is -0.478 e. The van der Waals surface area contributed by atoms with Gasteiger partial charge in [-0.05, 0) is 6.92 Å². The Morgan fingerprint density at radius 3 is 3.29 bits per heavy atom. The van der Waals surface area contributed by atoms with Crippen LogP contribution in [0.1, 0.15) is 6.92 Å². The molecular formula is C11H16BrN3O2. The molecule has 94 valence electrons. The monoisotopic (exact) mass is 301 g/mol. The summed E-state index contributed by atoms with van der Waals surface area (Å²) in [4.78, 5) is 10.9. The maximum Gasteiger partial charge on any atom is 0.229 e. The first-order valence-electron chi connectivity index (χ1n) is 5.71. The van der Waals surface area contributed by atoms with E-state index in [9.17, 15) is 0 Å². The lowest BCUT2D eigenvalue weighted by molar-refractivity contribution is 0.0994. The molecule has 1 fully saturated rings. The molecule has 5 nitrogen and oxygen atoms in total. The van der Waals surface area contributed by atoms with Crippen molar-refractivity contribution in [1.82, 2.24) is 9.97 Å². The molecule has 6 heteroatoms. The van der Waals surface area contributed by atoms with Crippen molar-refractivity contribution in [2.45, 2.75) is 13.0 Å². The van der Waals surface area contributed by atoms with Crippen LogP contribution in [0.3, 0.4) is 0 Å². The lowest BCUT2D eigenvalue weighted by Gasteiger charge is -2.34. The molecule has 17 heavy (non-hydrogen) atoms. The second kappa shape index (κ2) is 6.16. The first-order valence-corrected chi connectivity index (χ1v) is 6.83. The van der Waals surface area contributed by atoms with Gasteiger partial charge >= 0.3 is 0 Å². The lowest BCUT2D eigenvalue weighted by atomic mass is 10.3. The fraction of sp³-hybridized carbons (Fsp3) is 0.636. The molecule has 0 bridgehead atoms. The summed E-state index contributed by atoms with van der Waals surface area (Å²) in [5, 5.41) is 0.842. The van der Waals surface area contributed by atoms with Crippen molar-refractivity contribution in [1.29, 1.82) is 0 Å². The van der Waals surface area contributed by atoms with Crippen LogP contribution < -0.4 is 9.64 Å². The smallest absolute Gasteiger partial charge is 0.229 e. The Kier molecular flexibility index (Phi) is 4.56. The van der Waals surface area contributed by atoms with E-state index in [4.69, 9.17) is 9.47 Å². The lowest BCUT2D eigenvalue weighted by Crippen LogP contribution is -2.47. The third-order valence-electron chi connectivity index (χ3n) is 2.57. The maximum absolute atomic E-state index is 5.44. The molecule has 0 radical (unpaired) electrons. The normalized spacial score (nSPS) is 20.4. The highest BCUT2D eigenvalue weighted by atomic mass is 79.9. The third kappa shape index (κ3) is 3.07. The zero-order valence-corrected chi connectivity index (χ0v) is 11.4. The van der Waals surface area contributed by atoms with Gasteiger partial charge in [0, 0.05) is 24.1 Å². The van der Waals surface area contributed by atoms with Gasteiger partial charge in [0.1, 0.15) is 0 Å². The van der Waals surface area contributed by atoms with E-state index < -0.39 is 0 Å². The van der Waals surface area contributed by atoms with Gasteiger partial charge in [-0.2, -0.15) is 4.98 Å². The van der Waals surface area contributed by atoms with Crippen LogP contribution >= 0.6 is 15.9 Å². The highest BCUT2D eigenvalue weighted by Gasteiger charge is 2.24. The number of anilines is 1. The maximum atomic E-state index is 5.44. The molecule has 0 N–H and O–H groups in total. The number of ether oxygens (including phenoxy) is 2. The minimum atomic E-state index is 0.278. The van der Waals surface area contributed by atoms with Crippen molar-refractivity contribution < 1.29 is 9.47 Å². The van der Waals surface area contributed by atoms with Crippen LogP contribution in [0, 0.1) is 0 Å². The number of morpholine rings is 1. The van der Waals surface area contributed by atoms with E-state index in [0.717, 1.165) is 11.9 Å². The largest absolute Gasteiger partial charge is 0.478 e. The van der Waals surface area contributed by atoms with Gasteiger partial charge in [-0.3, -0.25) is 0 Å². The molecule has 0 saturated carbocycles. The van der Waals surface area contributed by atoms with Gasteiger partial charge in [-0.25, -0.2) is 4.98 Å². The second-order valence-corrected chi connectivity index (χ2v) is 4.35. The first-order chi connectivity index (χ1) is 8.35. The van der Waals surface area contributed by atoms with Crippen molar-refractivity contribution in [3.05, 3.63) is 12.3 Å². The van der Waals surface area contributed by atoms with Gasteiger partial charge < -0.3 is 14.4 Å². The summed E-state index contributed by atoms with van der Waals surface area (Å²) in [5.74, 6) is 1.33. The van der Waals surface area contributed by atoms with Gasteiger partial charge in [0.15, 0.2) is 0 Å². The van der Waals surface area contributed by atoms with Gasteiger partial charge in [-0.1, -0.05) is 15.9 Å². The molecule has 1 atom stereocenters.